The number of nitrogens with zero attached hydrogens (tertiary/aromatic N) is 2. The van der Waals surface area contributed by atoms with Crippen molar-refractivity contribution in [1.29, 1.82) is 0 Å². The molecule has 1 unspecified atom stereocenters. The van der Waals surface area contributed by atoms with E-state index in [0.717, 1.165) is 19.4 Å². The average molecular weight is 281 g/mol. The molecule has 0 radical (unpaired) electrons. The zero-order valence-electron chi connectivity index (χ0n) is 12.8. The van der Waals surface area contributed by atoms with Crippen molar-refractivity contribution >= 4 is 5.69 Å². The Hall–Kier alpha value is -1.87. The van der Waals surface area contributed by atoms with Gasteiger partial charge in [-0.15, -0.1) is 0 Å². The minimum Gasteiger partial charge on any atom is -0.376 e. The van der Waals surface area contributed by atoms with Crippen LogP contribution in [-0.4, -0.2) is 24.0 Å². The van der Waals surface area contributed by atoms with Gasteiger partial charge in [0.05, 0.1) is 11.7 Å². The van der Waals surface area contributed by atoms with Gasteiger partial charge in [0.1, 0.15) is 0 Å². The summed E-state index contributed by atoms with van der Waals surface area (Å²) in [6.45, 7) is 0.949. The van der Waals surface area contributed by atoms with E-state index in [-0.39, 0.29) is 0 Å². The molecule has 0 aliphatic heterocycles. The molecule has 0 saturated heterocycles. The van der Waals surface area contributed by atoms with Crippen molar-refractivity contribution in [3.05, 3.63) is 59.4 Å². The largest absolute Gasteiger partial charge is 0.376 e. The third-order valence-electron chi connectivity index (χ3n) is 4.03. The predicted octanol–water partition coefficient (Wildman–Crippen LogP) is 3.63. The monoisotopic (exact) mass is 281 g/mol. The number of pyridine rings is 1. The summed E-state index contributed by atoms with van der Waals surface area (Å²) in [7, 11) is 4.21. The second kappa shape index (κ2) is 6.27. The first-order valence-electron chi connectivity index (χ1n) is 7.67. The molecule has 1 aromatic heterocycles. The van der Waals surface area contributed by atoms with Crippen LogP contribution in [0.15, 0.2) is 42.6 Å². The van der Waals surface area contributed by atoms with Crippen LogP contribution in [0.1, 0.15) is 35.7 Å². The predicted molar refractivity (Wildman–Crippen MR) is 87.4 cm³/mol. The summed E-state index contributed by atoms with van der Waals surface area (Å²) in [5, 5.41) is 3.72. The summed E-state index contributed by atoms with van der Waals surface area (Å²) >= 11 is 0. The highest BCUT2D eigenvalue weighted by atomic mass is 15.1. The molecule has 1 atom stereocenters. The summed E-state index contributed by atoms with van der Waals surface area (Å²) in [5.41, 5.74) is 5.19. The topological polar surface area (TPSA) is 28.2 Å². The summed E-state index contributed by atoms with van der Waals surface area (Å²) in [6, 6.07) is 13.2. The first-order valence-corrected chi connectivity index (χ1v) is 7.67. The van der Waals surface area contributed by atoms with Gasteiger partial charge in [-0.25, -0.2) is 0 Å². The van der Waals surface area contributed by atoms with E-state index in [1.54, 1.807) is 0 Å². The van der Waals surface area contributed by atoms with Gasteiger partial charge in [0.15, 0.2) is 0 Å². The number of para-hydroxylation sites is 1. The fourth-order valence-electron chi connectivity index (χ4n) is 3.08. The number of aromatic nitrogens is 1. The van der Waals surface area contributed by atoms with Crippen molar-refractivity contribution < 1.29 is 0 Å². The van der Waals surface area contributed by atoms with Gasteiger partial charge >= 0.3 is 0 Å². The molecule has 1 aliphatic rings. The zero-order chi connectivity index (χ0) is 14.7. The lowest BCUT2D eigenvalue weighted by molar-refractivity contribution is 0.403. The third kappa shape index (κ3) is 3.24. The van der Waals surface area contributed by atoms with Crippen molar-refractivity contribution in [3.8, 4) is 0 Å². The summed E-state index contributed by atoms with van der Waals surface area (Å²) in [5.74, 6) is 0. The van der Waals surface area contributed by atoms with Crippen LogP contribution in [0.25, 0.3) is 0 Å². The molecule has 1 aromatic carbocycles. The molecular formula is C18H23N3. The molecule has 110 valence electrons. The van der Waals surface area contributed by atoms with Crippen LogP contribution in [0, 0.1) is 0 Å². The van der Waals surface area contributed by atoms with Crippen molar-refractivity contribution in [3.63, 3.8) is 0 Å². The third-order valence-corrected chi connectivity index (χ3v) is 4.03. The molecule has 1 N–H and O–H groups in total. The van der Waals surface area contributed by atoms with E-state index in [9.17, 15) is 0 Å². The van der Waals surface area contributed by atoms with Gasteiger partial charge in [-0.05, 0) is 56.6 Å². The highest BCUT2D eigenvalue weighted by Gasteiger charge is 2.21. The lowest BCUT2D eigenvalue weighted by atomic mass is 9.91. The van der Waals surface area contributed by atoms with Gasteiger partial charge in [-0.3, -0.25) is 4.98 Å². The first kappa shape index (κ1) is 14.1. The Morgan fingerprint density at radius 1 is 1.19 bits per heavy atom. The Morgan fingerprint density at radius 3 is 2.90 bits per heavy atom. The Labute approximate surface area is 127 Å². The molecule has 2 aromatic rings. The molecular weight excluding hydrogens is 258 g/mol. The number of nitrogens with one attached hydrogen (secondary N) is 1. The first-order chi connectivity index (χ1) is 10.2. The Bertz CT molecular complexity index is 607. The standard InChI is InChI=1S/C18H23N3/c1-21(2)13-15-7-3-4-10-16(15)20-17-11-5-8-14-9-6-12-19-18(14)17/h3-4,6-7,9-10,12,17,20H,5,8,11,13H2,1-2H3. The number of fused-ring (bicyclic) bond motifs is 1. The van der Waals surface area contributed by atoms with Crippen LogP contribution >= 0.6 is 0 Å². The van der Waals surface area contributed by atoms with Crippen LogP contribution in [0.5, 0.6) is 0 Å². The lowest BCUT2D eigenvalue weighted by Crippen LogP contribution is -2.20. The Kier molecular flexibility index (Phi) is 4.20. The molecule has 3 heteroatoms. The fraction of sp³-hybridized carbons (Fsp3) is 0.389. The summed E-state index contributed by atoms with van der Waals surface area (Å²) in [6.07, 6.45) is 5.44. The minimum absolute atomic E-state index is 0.332. The average Bonchev–Trinajstić information content (AvgIpc) is 2.49. The lowest BCUT2D eigenvalue weighted by Gasteiger charge is -2.27. The van der Waals surface area contributed by atoms with Crippen molar-refractivity contribution in [2.45, 2.75) is 31.8 Å². The number of hydrogen-bond acceptors (Lipinski definition) is 3. The Balaban J connectivity index is 1.85. The summed E-state index contributed by atoms with van der Waals surface area (Å²) < 4.78 is 0. The minimum atomic E-state index is 0.332. The molecule has 1 aliphatic carbocycles. The van der Waals surface area contributed by atoms with Crippen LogP contribution < -0.4 is 5.32 Å². The normalized spacial score (nSPS) is 17.6. The van der Waals surface area contributed by atoms with Crippen molar-refractivity contribution in [2.75, 3.05) is 19.4 Å². The molecule has 0 bridgehead atoms. The molecule has 3 rings (SSSR count). The maximum absolute atomic E-state index is 4.61. The highest BCUT2D eigenvalue weighted by molar-refractivity contribution is 5.53. The molecule has 0 spiro atoms. The molecule has 21 heavy (non-hydrogen) atoms. The number of hydrogen-bond donors (Lipinski definition) is 1. The second-order valence-electron chi connectivity index (χ2n) is 6.03. The molecule has 0 fully saturated rings. The maximum Gasteiger partial charge on any atom is 0.0688 e. The van der Waals surface area contributed by atoms with E-state index in [2.05, 4.69) is 59.6 Å². The molecule has 0 amide bonds. The van der Waals surface area contributed by atoms with E-state index < -0.39 is 0 Å². The van der Waals surface area contributed by atoms with Gasteiger partial charge in [0.2, 0.25) is 0 Å². The van der Waals surface area contributed by atoms with Crippen LogP contribution in [-0.2, 0) is 13.0 Å². The van der Waals surface area contributed by atoms with E-state index in [1.807, 2.05) is 12.3 Å². The van der Waals surface area contributed by atoms with E-state index in [4.69, 9.17) is 0 Å². The van der Waals surface area contributed by atoms with E-state index in [0.29, 0.717) is 6.04 Å². The van der Waals surface area contributed by atoms with Gasteiger partial charge in [-0.2, -0.15) is 0 Å². The van der Waals surface area contributed by atoms with E-state index in [1.165, 1.54) is 28.9 Å². The number of aryl methyl sites for hydroxylation is 1. The molecule has 3 nitrogen and oxygen atoms in total. The Morgan fingerprint density at radius 2 is 2.05 bits per heavy atom. The molecule has 1 heterocycles. The van der Waals surface area contributed by atoms with Crippen molar-refractivity contribution in [2.24, 2.45) is 0 Å². The van der Waals surface area contributed by atoms with Gasteiger partial charge in [0, 0.05) is 18.4 Å². The number of anilines is 1. The second-order valence-corrected chi connectivity index (χ2v) is 6.03. The van der Waals surface area contributed by atoms with Crippen LogP contribution in [0.4, 0.5) is 5.69 Å². The van der Waals surface area contributed by atoms with Crippen molar-refractivity contribution in [1.82, 2.24) is 9.88 Å². The summed E-state index contributed by atoms with van der Waals surface area (Å²) in [4.78, 5) is 6.82. The SMILES string of the molecule is CN(C)Cc1ccccc1NC1CCCc2cccnc21. The fourth-order valence-corrected chi connectivity index (χ4v) is 3.08. The van der Waals surface area contributed by atoms with E-state index >= 15 is 0 Å². The number of benzene rings is 1. The van der Waals surface area contributed by atoms with Gasteiger partial charge in [-0.1, -0.05) is 24.3 Å². The van der Waals surface area contributed by atoms with Gasteiger partial charge < -0.3 is 10.2 Å². The smallest absolute Gasteiger partial charge is 0.0688 e. The highest BCUT2D eigenvalue weighted by Crippen LogP contribution is 2.32. The molecule has 0 saturated carbocycles. The maximum atomic E-state index is 4.61. The zero-order valence-corrected chi connectivity index (χ0v) is 12.8. The van der Waals surface area contributed by atoms with Crippen LogP contribution in [0.3, 0.4) is 0 Å². The quantitative estimate of drug-likeness (QED) is 0.927. The van der Waals surface area contributed by atoms with Gasteiger partial charge in [0.25, 0.3) is 0 Å². The van der Waals surface area contributed by atoms with Crippen LogP contribution in [0.2, 0.25) is 0 Å². The number of rotatable bonds is 4.